The molecule has 0 aliphatic carbocycles. The molecule has 10 heteroatoms. The summed E-state index contributed by atoms with van der Waals surface area (Å²) in [6.07, 6.45) is 0. The molecule has 0 heterocycles. The predicted molar refractivity (Wildman–Crippen MR) is 16.2 cm³/mol. The van der Waals surface area contributed by atoms with Crippen LogP contribution in [0.3, 0.4) is 0 Å². The van der Waals surface area contributed by atoms with Gasteiger partial charge in [-0.05, 0) is 0 Å². The van der Waals surface area contributed by atoms with Crippen molar-refractivity contribution in [2.75, 3.05) is 0 Å². The van der Waals surface area contributed by atoms with Gasteiger partial charge in [0.1, 0.15) is 0 Å². The standard InChI is InChI=1S/2Ce.H2O4S.3O/c;;1-5(2,3)4;;;/h;;(H2,1,2,3,4);;;/q2*+3;;3*-2. The molecule has 0 spiro atoms. The van der Waals surface area contributed by atoms with E-state index in [4.69, 9.17) is 17.5 Å². The third-order valence-electron chi connectivity index (χ3n) is 0. The zero-order valence-electron chi connectivity index (χ0n) is 4.34. The molecule has 0 amide bonds. The van der Waals surface area contributed by atoms with Crippen molar-refractivity contribution in [1.82, 2.24) is 0 Å². The average Bonchev–Trinajstić information content (AvgIpc) is 0.722. The average molecular weight is 426 g/mol. The smallest absolute Gasteiger partial charge is 2.00 e. The van der Waals surface area contributed by atoms with Crippen LogP contribution in [0, 0.1) is 83.5 Å². The molecular formula is H2Ce2O7S. The normalized spacial score (nSPS) is 5.80. The fourth-order valence-electron chi connectivity index (χ4n) is 0. The molecule has 0 aromatic carbocycles. The molecular weight excluding hydrogens is 424 g/mol. The second-order valence-corrected chi connectivity index (χ2v) is 1.34. The number of hydrogen-bond acceptors (Lipinski definition) is 2. The summed E-state index contributed by atoms with van der Waals surface area (Å²) in [5.74, 6) is 0. The molecule has 0 aliphatic heterocycles. The molecule has 0 aromatic heterocycles. The van der Waals surface area contributed by atoms with Gasteiger partial charge in [-0.1, -0.05) is 0 Å². The van der Waals surface area contributed by atoms with E-state index in [0.29, 0.717) is 0 Å². The maximum atomic E-state index is 8.74. The first kappa shape index (κ1) is 39.1. The Balaban J connectivity index is -0.00000000800. The second kappa shape index (κ2) is 17.6. The molecule has 58 valence electrons. The van der Waals surface area contributed by atoms with Crippen LogP contribution in [0.2, 0.25) is 0 Å². The van der Waals surface area contributed by atoms with E-state index in [9.17, 15) is 0 Å². The van der Waals surface area contributed by atoms with Gasteiger partial charge in [-0.2, -0.15) is 8.42 Å². The summed E-state index contributed by atoms with van der Waals surface area (Å²) in [5, 5.41) is 0. The number of hydrogen-bond donors (Lipinski definition) is 2. The molecule has 0 bridgehead atoms. The Bertz CT molecular complexity index is 94.8. The Hall–Kier alpha value is 2.50. The third kappa shape index (κ3) is 151. The molecule has 0 aliphatic rings. The number of rotatable bonds is 0. The molecule has 0 saturated carbocycles. The fourth-order valence-corrected chi connectivity index (χ4v) is 0. The minimum Gasteiger partial charge on any atom is -2.00 e. The van der Waals surface area contributed by atoms with Gasteiger partial charge in [0, 0.05) is 0 Å². The van der Waals surface area contributed by atoms with E-state index >= 15 is 0 Å². The van der Waals surface area contributed by atoms with Crippen molar-refractivity contribution in [2.45, 2.75) is 0 Å². The molecule has 0 unspecified atom stereocenters. The van der Waals surface area contributed by atoms with E-state index in [0.717, 1.165) is 0 Å². The molecule has 0 aromatic rings. The Kier molecular flexibility index (Phi) is 68.7. The first-order valence-corrected chi connectivity index (χ1v) is 2.10. The van der Waals surface area contributed by atoms with Crippen LogP contribution in [0.5, 0.6) is 0 Å². The first-order chi connectivity index (χ1) is 2.00. The minimum atomic E-state index is -4.67. The summed E-state index contributed by atoms with van der Waals surface area (Å²) in [5.41, 5.74) is 0. The molecule has 10 heavy (non-hydrogen) atoms. The maximum absolute atomic E-state index is 8.74. The van der Waals surface area contributed by atoms with Crippen LogP contribution in [0.15, 0.2) is 0 Å². The van der Waals surface area contributed by atoms with Crippen LogP contribution in [0.25, 0.3) is 0 Å². The summed E-state index contributed by atoms with van der Waals surface area (Å²) < 4.78 is 31.6. The second-order valence-electron chi connectivity index (χ2n) is 0.448. The van der Waals surface area contributed by atoms with Gasteiger partial charge >= 0.3 is 93.9 Å². The molecule has 0 rings (SSSR count). The minimum absolute atomic E-state index is 0. The Morgan fingerprint density at radius 2 is 0.800 bits per heavy atom. The van der Waals surface area contributed by atoms with Gasteiger partial charge in [-0.15, -0.1) is 0 Å². The largest absolute Gasteiger partial charge is 3.00 e. The molecule has 0 atom stereocenters. The molecule has 2 N–H and O–H groups in total. The van der Waals surface area contributed by atoms with E-state index in [-0.39, 0.29) is 99.9 Å². The van der Waals surface area contributed by atoms with Crippen LogP contribution >= 0.6 is 0 Å². The summed E-state index contributed by atoms with van der Waals surface area (Å²) in [6.45, 7) is 0. The van der Waals surface area contributed by atoms with Crippen molar-refractivity contribution in [3.63, 3.8) is 0 Å². The van der Waals surface area contributed by atoms with E-state index in [1.54, 1.807) is 0 Å². The topological polar surface area (TPSA) is 160 Å². The Morgan fingerprint density at radius 3 is 0.800 bits per heavy atom. The van der Waals surface area contributed by atoms with Crippen LogP contribution < -0.4 is 0 Å². The van der Waals surface area contributed by atoms with Crippen molar-refractivity contribution >= 4 is 10.4 Å². The Labute approximate surface area is 125 Å². The van der Waals surface area contributed by atoms with Gasteiger partial charge in [-0.25, -0.2) is 0 Å². The molecule has 0 fully saturated rings. The maximum Gasteiger partial charge on any atom is 3.00 e. The summed E-state index contributed by atoms with van der Waals surface area (Å²) in [4.78, 5) is 0. The monoisotopic (exact) mass is 426 g/mol. The molecule has 2 radical (unpaired) electrons. The SMILES string of the molecule is O=S(=O)(O)O.[Ce+3].[Ce+3].[O-2].[O-2].[O-2]. The van der Waals surface area contributed by atoms with Crippen molar-refractivity contribution in [3.8, 4) is 0 Å². The molecule has 0 saturated heterocycles. The van der Waals surface area contributed by atoms with Crippen LogP contribution in [0.1, 0.15) is 0 Å². The van der Waals surface area contributed by atoms with Gasteiger partial charge in [0.15, 0.2) is 0 Å². The quantitative estimate of drug-likeness (QED) is 0.475. The van der Waals surface area contributed by atoms with Crippen LogP contribution in [0.4, 0.5) is 0 Å². The van der Waals surface area contributed by atoms with Crippen LogP contribution in [-0.2, 0) is 26.8 Å². The van der Waals surface area contributed by atoms with Crippen LogP contribution in [-0.4, -0.2) is 17.5 Å². The summed E-state index contributed by atoms with van der Waals surface area (Å²) in [7, 11) is -4.67. The van der Waals surface area contributed by atoms with E-state index < -0.39 is 10.4 Å². The summed E-state index contributed by atoms with van der Waals surface area (Å²) in [6, 6.07) is 0. The van der Waals surface area contributed by atoms with Gasteiger partial charge in [0.25, 0.3) is 0 Å². The van der Waals surface area contributed by atoms with Crippen molar-refractivity contribution in [1.29, 1.82) is 0 Å². The molecule has 7 nitrogen and oxygen atoms in total. The van der Waals surface area contributed by atoms with Crippen molar-refractivity contribution < 1.29 is 117 Å². The third-order valence-corrected chi connectivity index (χ3v) is 0. The van der Waals surface area contributed by atoms with E-state index in [1.165, 1.54) is 0 Å². The van der Waals surface area contributed by atoms with Gasteiger partial charge < -0.3 is 16.4 Å². The van der Waals surface area contributed by atoms with Crippen molar-refractivity contribution in [3.05, 3.63) is 0 Å². The van der Waals surface area contributed by atoms with Gasteiger partial charge in [-0.3, -0.25) is 9.11 Å². The van der Waals surface area contributed by atoms with E-state index in [1.807, 2.05) is 0 Å². The van der Waals surface area contributed by atoms with Gasteiger partial charge in [0.05, 0.1) is 0 Å². The Morgan fingerprint density at radius 1 is 0.800 bits per heavy atom. The fraction of sp³-hybridized carbons (Fsp3) is 0. The van der Waals surface area contributed by atoms with Crippen molar-refractivity contribution in [2.24, 2.45) is 0 Å². The van der Waals surface area contributed by atoms with E-state index in [2.05, 4.69) is 0 Å². The summed E-state index contributed by atoms with van der Waals surface area (Å²) >= 11 is 0. The zero-order valence-corrected chi connectivity index (χ0v) is 11.4. The first-order valence-electron chi connectivity index (χ1n) is 0.698. The zero-order chi connectivity index (χ0) is 4.50. The predicted octanol–water partition coefficient (Wildman–Crippen LogP) is -1.01. The van der Waals surface area contributed by atoms with Gasteiger partial charge in [0.2, 0.25) is 0 Å².